The molecule has 0 aliphatic heterocycles. The Morgan fingerprint density at radius 2 is 1.77 bits per heavy atom. The second-order valence-electron chi connectivity index (χ2n) is 6.30. The van der Waals surface area contributed by atoms with Gasteiger partial charge in [-0.05, 0) is 31.9 Å². The van der Waals surface area contributed by atoms with Crippen LogP contribution in [-0.2, 0) is 11.3 Å². The maximum Gasteiger partial charge on any atom is 0.258 e. The molecule has 3 aromatic rings. The molecule has 1 heterocycles. The van der Waals surface area contributed by atoms with Gasteiger partial charge >= 0.3 is 0 Å². The summed E-state index contributed by atoms with van der Waals surface area (Å²) in [5.41, 5.74) is 5.23. The molecule has 2 aromatic carbocycles. The van der Waals surface area contributed by atoms with E-state index in [1.807, 2.05) is 37.4 Å². The van der Waals surface area contributed by atoms with E-state index in [0.29, 0.717) is 6.54 Å². The van der Waals surface area contributed by atoms with Gasteiger partial charge in [0.05, 0.1) is 12.2 Å². The van der Waals surface area contributed by atoms with E-state index in [9.17, 15) is 4.79 Å². The van der Waals surface area contributed by atoms with Crippen molar-refractivity contribution >= 4 is 17.2 Å². The van der Waals surface area contributed by atoms with Crippen molar-refractivity contribution in [1.29, 1.82) is 0 Å². The van der Waals surface area contributed by atoms with Crippen molar-refractivity contribution in [3.05, 3.63) is 70.2 Å². The van der Waals surface area contributed by atoms with Gasteiger partial charge in [0.2, 0.25) is 0 Å². The molecule has 5 heteroatoms. The highest BCUT2D eigenvalue weighted by molar-refractivity contribution is 7.13. The third kappa shape index (κ3) is 4.49. The first-order chi connectivity index (χ1) is 12.5. The first-order valence-corrected chi connectivity index (χ1v) is 9.38. The van der Waals surface area contributed by atoms with E-state index in [-0.39, 0.29) is 12.5 Å². The quantitative estimate of drug-likeness (QED) is 0.702. The Hall–Kier alpha value is -2.66. The first-order valence-electron chi connectivity index (χ1n) is 8.50. The molecule has 0 spiro atoms. The Bertz CT molecular complexity index is 880. The summed E-state index contributed by atoms with van der Waals surface area (Å²) in [6.07, 6.45) is 0. The van der Waals surface area contributed by atoms with Crippen molar-refractivity contribution in [3.8, 4) is 16.3 Å². The van der Waals surface area contributed by atoms with E-state index in [1.54, 1.807) is 11.3 Å². The maximum absolute atomic E-state index is 12.1. The van der Waals surface area contributed by atoms with Gasteiger partial charge in [0, 0.05) is 10.9 Å². The van der Waals surface area contributed by atoms with Gasteiger partial charge in [-0.1, -0.05) is 48.0 Å². The fraction of sp³-hybridized carbons (Fsp3) is 0.238. The minimum atomic E-state index is -0.155. The van der Waals surface area contributed by atoms with E-state index < -0.39 is 0 Å². The van der Waals surface area contributed by atoms with Gasteiger partial charge in [-0.3, -0.25) is 4.79 Å². The lowest BCUT2D eigenvalue weighted by molar-refractivity contribution is -0.123. The molecule has 0 unspecified atom stereocenters. The molecular formula is C21H22N2O2S. The molecule has 3 rings (SSSR count). The number of aromatic nitrogens is 1. The lowest BCUT2D eigenvalue weighted by Crippen LogP contribution is -2.28. The summed E-state index contributed by atoms with van der Waals surface area (Å²) in [5.74, 6) is 0.621. The molecule has 0 saturated carbocycles. The predicted octanol–water partition coefficient (Wildman–Crippen LogP) is 4.43. The summed E-state index contributed by atoms with van der Waals surface area (Å²) in [5, 5.41) is 5.80. The molecule has 1 N–H and O–H groups in total. The molecule has 1 aromatic heterocycles. The summed E-state index contributed by atoms with van der Waals surface area (Å²) in [4.78, 5) is 16.7. The highest BCUT2D eigenvalue weighted by atomic mass is 32.1. The van der Waals surface area contributed by atoms with Crippen molar-refractivity contribution in [2.75, 3.05) is 6.61 Å². The largest absolute Gasteiger partial charge is 0.483 e. The molecule has 0 aliphatic carbocycles. The fourth-order valence-corrected chi connectivity index (χ4v) is 3.45. The van der Waals surface area contributed by atoms with Crippen LogP contribution in [0.25, 0.3) is 10.6 Å². The minimum Gasteiger partial charge on any atom is -0.483 e. The topological polar surface area (TPSA) is 51.2 Å². The van der Waals surface area contributed by atoms with E-state index in [1.165, 1.54) is 5.56 Å². The fourth-order valence-electron chi connectivity index (χ4n) is 2.62. The zero-order valence-electron chi connectivity index (χ0n) is 15.2. The number of nitrogens with zero attached hydrogens (tertiary/aromatic N) is 1. The first kappa shape index (κ1) is 18.1. The van der Waals surface area contributed by atoms with Crippen LogP contribution in [0.1, 0.15) is 22.4 Å². The molecule has 0 bridgehead atoms. The average molecular weight is 366 g/mol. The van der Waals surface area contributed by atoms with Gasteiger partial charge in [-0.15, -0.1) is 11.3 Å². The summed E-state index contributed by atoms with van der Waals surface area (Å²) in [6.45, 7) is 6.41. The number of para-hydroxylation sites is 1. The number of ether oxygens (including phenoxy) is 1. The highest BCUT2D eigenvalue weighted by Gasteiger charge is 2.09. The van der Waals surface area contributed by atoms with Crippen LogP contribution in [0, 0.1) is 20.8 Å². The second-order valence-corrected chi connectivity index (χ2v) is 7.15. The summed E-state index contributed by atoms with van der Waals surface area (Å²) in [6, 6.07) is 14.2. The van der Waals surface area contributed by atoms with Crippen LogP contribution in [0.3, 0.4) is 0 Å². The summed E-state index contributed by atoms with van der Waals surface area (Å²) < 4.78 is 5.67. The number of rotatable bonds is 6. The van der Waals surface area contributed by atoms with Crippen LogP contribution >= 0.6 is 11.3 Å². The Kier molecular flexibility index (Phi) is 5.68. The smallest absolute Gasteiger partial charge is 0.258 e. The second kappa shape index (κ2) is 8.15. The number of carbonyl (C=O) groups is 1. The van der Waals surface area contributed by atoms with Crippen LogP contribution in [0.5, 0.6) is 5.75 Å². The maximum atomic E-state index is 12.1. The van der Waals surface area contributed by atoms with E-state index in [2.05, 4.69) is 41.5 Å². The molecule has 0 fully saturated rings. The number of hydrogen-bond donors (Lipinski definition) is 1. The van der Waals surface area contributed by atoms with Gasteiger partial charge in [-0.2, -0.15) is 0 Å². The third-order valence-corrected chi connectivity index (χ3v) is 5.01. The summed E-state index contributed by atoms with van der Waals surface area (Å²) >= 11 is 1.58. The molecule has 0 saturated heterocycles. The number of thiazole rings is 1. The van der Waals surface area contributed by atoms with Crippen molar-refractivity contribution in [2.45, 2.75) is 27.3 Å². The molecule has 0 radical (unpaired) electrons. The van der Waals surface area contributed by atoms with E-state index in [4.69, 9.17) is 4.74 Å². The number of benzene rings is 2. The van der Waals surface area contributed by atoms with Gasteiger partial charge in [-0.25, -0.2) is 4.98 Å². The van der Waals surface area contributed by atoms with Crippen LogP contribution < -0.4 is 10.1 Å². The number of carbonyl (C=O) groups excluding carboxylic acids is 1. The number of aryl methyl sites for hydroxylation is 3. The zero-order chi connectivity index (χ0) is 18.5. The van der Waals surface area contributed by atoms with Gasteiger partial charge in [0.25, 0.3) is 5.91 Å². The Morgan fingerprint density at radius 3 is 2.46 bits per heavy atom. The average Bonchev–Trinajstić information content (AvgIpc) is 3.09. The monoisotopic (exact) mass is 366 g/mol. The van der Waals surface area contributed by atoms with Gasteiger partial charge in [0.15, 0.2) is 6.61 Å². The van der Waals surface area contributed by atoms with E-state index in [0.717, 1.165) is 33.1 Å². The number of nitrogens with one attached hydrogen (secondary N) is 1. The van der Waals surface area contributed by atoms with Gasteiger partial charge < -0.3 is 10.1 Å². The van der Waals surface area contributed by atoms with Crippen LogP contribution in [0.2, 0.25) is 0 Å². The van der Waals surface area contributed by atoms with E-state index >= 15 is 0 Å². The Labute approximate surface area is 157 Å². The Balaban J connectivity index is 1.53. The van der Waals surface area contributed by atoms with Crippen molar-refractivity contribution in [1.82, 2.24) is 10.3 Å². The predicted molar refractivity (Wildman–Crippen MR) is 106 cm³/mol. The normalized spacial score (nSPS) is 10.6. The van der Waals surface area contributed by atoms with Crippen molar-refractivity contribution in [2.24, 2.45) is 0 Å². The van der Waals surface area contributed by atoms with Crippen molar-refractivity contribution in [3.63, 3.8) is 0 Å². The summed E-state index contributed by atoms with van der Waals surface area (Å²) in [7, 11) is 0. The van der Waals surface area contributed by atoms with Crippen LogP contribution in [0.4, 0.5) is 0 Å². The zero-order valence-corrected chi connectivity index (χ0v) is 16.0. The lowest BCUT2D eigenvalue weighted by Gasteiger charge is -2.11. The Morgan fingerprint density at radius 1 is 1.08 bits per heavy atom. The molecular weight excluding hydrogens is 344 g/mol. The molecule has 0 atom stereocenters. The van der Waals surface area contributed by atoms with Crippen molar-refractivity contribution < 1.29 is 9.53 Å². The van der Waals surface area contributed by atoms with Gasteiger partial charge in [0.1, 0.15) is 10.8 Å². The molecule has 26 heavy (non-hydrogen) atoms. The standard InChI is InChI=1S/C21H22N2O2S/c1-14-7-9-17(10-8-14)21-23-18(13-26-21)11-22-19(24)12-25-20-15(2)5-4-6-16(20)3/h4-10,13H,11-12H2,1-3H3,(H,22,24). The number of amides is 1. The SMILES string of the molecule is Cc1ccc(-c2nc(CNC(=O)COc3c(C)cccc3C)cs2)cc1. The number of hydrogen-bond acceptors (Lipinski definition) is 4. The minimum absolute atomic E-state index is 0.000645. The lowest BCUT2D eigenvalue weighted by atomic mass is 10.1. The molecule has 4 nitrogen and oxygen atoms in total. The molecule has 134 valence electrons. The van der Waals surface area contributed by atoms with Crippen LogP contribution in [0.15, 0.2) is 47.8 Å². The third-order valence-electron chi connectivity index (χ3n) is 4.07. The van der Waals surface area contributed by atoms with Crippen LogP contribution in [-0.4, -0.2) is 17.5 Å². The molecule has 1 amide bonds. The molecule has 0 aliphatic rings. The highest BCUT2D eigenvalue weighted by Crippen LogP contribution is 2.24.